The minimum absolute atomic E-state index is 0.525. The number of hydrogen-bond acceptors (Lipinski definition) is 3. The normalized spacial score (nSPS) is 10.5. The molecule has 0 spiro atoms. The summed E-state index contributed by atoms with van der Waals surface area (Å²) in [5.41, 5.74) is 6.26. The Kier molecular flexibility index (Phi) is 5.91. The lowest BCUT2D eigenvalue weighted by atomic mass is 10.1. The molecule has 0 saturated heterocycles. The lowest BCUT2D eigenvalue weighted by Crippen LogP contribution is -2.10. The quantitative estimate of drug-likeness (QED) is 0.803. The van der Waals surface area contributed by atoms with Gasteiger partial charge in [-0.05, 0) is 18.1 Å². The van der Waals surface area contributed by atoms with Crippen LogP contribution in [0, 0.1) is 0 Å². The number of ether oxygens (including phenoxy) is 2. The monoisotopic (exact) mass is 263 g/mol. The molecule has 3 nitrogen and oxygen atoms in total. The fraction of sp³-hybridized carbons (Fsp3) is 0.455. The van der Waals surface area contributed by atoms with Crippen LogP contribution >= 0.6 is 23.2 Å². The van der Waals surface area contributed by atoms with Crippen LogP contribution in [-0.4, -0.2) is 26.9 Å². The Balaban J connectivity index is 2.63. The summed E-state index contributed by atoms with van der Waals surface area (Å²) in [6.07, 6.45) is 0.711. The largest absolute Gasteiger partial charge is 0.495 e. The van der Waals surface area contributed by atoms with E-state index in [2.05, 4.69) is 0 Å². The van der Waals surface area contributed by atoms with Crippen LogP contribution in [0.25, 0.3) is 0 Å². The molecule has 1 aromatic carbocycles. The van der Waals surface area contributed by atoms with Crippen LogP contribution in [0.3, 0.4) is 0 Å². The molecule has 90 valence electrons. The van der Waals surface area contributed by atoms with E-state index in [1.54, 1.807) is 19.2 Å². The summed E-state index contributed by atoms with van der Waals surface area (Å²) < 4.78 is 10.3. The van der Waals surface area contributed by atoms with Crippen LogP contribution in [0.15, 0.2) is 12.1 Å². The second kappa shape index (κ2) is 6.97. The van der Waals surface area contributed by atoms with Gasteiger partial charge in [-0.1, -0.05) is 23.2 Å². The van der Waals surface area contributed by atoms with Crippen LogP contribution in [0.4, 0.5) is 0 Å². The zero-order valence-electron chi connectivity index (χ0n) is 9.13. The molecular formula is C11H15Cl2NO2. The standard InChI is InChI=1S/C11H15Cl2NO2/c1-15-11-7-9(12)8(6-10(11)13)2-4-16-5-3-14/h6-7H,2-5,14H2,1H3. The van der Waals surface area contributed by atoms with Crippen molar-refractivity contribution in [1.82, 2.24) is 0 Å². The highest BCUT2D eigenvalue weighted by Crippen LogP contribution is 2.31. The Labute approximate surface area is 105 Å². The molecule has 0 aliphatic rings. The van der Waals surface area contributed by atoms with Crippen LogP contribution in [0.2, 0.25) is 10.0 Å². The first-order valence-corrected chi connectivity index (χ1v) is 5.74. The van der Waals surface area contributed by atoms with Crippen molar-refractivity contribution in [2.45, 2.75) is 6.42 Å². The third-order valence-corrected chi connectivity index (χ3v) is 2.75. The number of methoxy groups -OCH3 is 1. The van der Waals surface area contributed by atoms with Gasteiger partial charge in [-0.3, -0.25) is 0 Å². The molecule has 1 aromatic rings. The van der Waals surface area contributed by atoms with Crippen molar-refractivity contribution in [2.75, 3.05) is 26.9 Å². The van der Waals surface area contributed by atoms with Gasteiger partial charge in [0.15, 0.2) is 0 Å². The smallest absolute Gasteiger partial charge is 0.138 e. The summed E-state index contributed by atoms with van der Waals surface area (Å²) in [6.45, 7) is 1.66. The van der Waals surface area contributed by atoms with Gasteiger partial charge in [0.25, 0.3) is 0 Å². The lowest BCUT2D eigenvalue weighted by molar-refractivity contribution is 0.145. The van der Waals surface area contributed by atoms with E-state index in [-0.39, 0.29) is 0 Å². The second-order valence-corrected chi connectivity index (χ2v) is 4.04. The van der Waals surface area contributed by atoms with Crippen molar-refractivity contribution in [1.29, 1.82) is 0 Å². The maximum atomic E-state index is 6.07. The fourth-order valence-corrected chi connectivity index (χ4v) is 1.80. The first kappa shape index (κ1) is 13.6. The maximum Gasteiger partial charge on any atom is 0.138 e. The Bertz CT molecular complexity index is 345. The number of halogens is 2. The van der Waals surface area contributed by atoms with Crippen LogP contribution in [0.1, 0.15) is 5.56 Å². The molecule has 0 aliphatic heterocycles. The van der Waals surface area contributed by atoms with Crippen molar-refractivity contribution in [3.8, 4) is 5.75 Å². The summed E-state index contributed by atoms with van der Waals surface area (Å²) in [6, 6.07) is 3.51. The fourth-order valence-electron chi connectivity index (χ4n) is 1.29. The average molecular weight is 264 g/mol. The van der Waals surface area contributed by atoms with E-state index in [0.29, 0.717) is 42.0 Å². The molecule has 1 rings (SSSR count). The molecule has 5 heteroatoms. The predicted octanol–water partition coefficient (Wildman–Crippen LogP) is 2.52. The highest BCUT2D eigenvalue weighted by molar-refractivity contribution is 6.34. The molecule has 0 fully saturated rings. The van der Waals surface area contributed by atoms with Crippen LogP contribution in [0.5, 0.6) is 5.75 Å². The summed E-state index contributed by atoms with van der Waals surface area (Å²) in [5.74, 6) is 0.582. The van der Waals surface area contributed by atoms with E-state index in [1.807, 2.05) is 0 Å². The summed E-state index contributed by atoms with van der Waals surface area (Å²) in [4.78, 5) is 0. The van der Waals surface area contributed by atoms with Crippen molar-refractivity contribution in [3.05, 3.63) is 27.7 Å². The van der Waals surface area contributed by atoms with Crippen LogP contribution < -0.4 is 10.5 Å². The van der Waals surface area contributed by atoms with Gasteiger partial charge >= 0.3 is 0 Å². The molecule has 16 heavy (non-hydrogen) atoms. The average Bonchev–Trinajstić information content (AvgIpc) is 2.28. The van der Waals surface area contributed by atoms with Crippen LogP contribution in [-0.2, 0) is 11.2 Å². The Morgan fingerprint density at radius 1 is 1.19 bits per heavy atom. The molecule has 0 aromatic heterocycles. The molecule has 0 saturated carbocycles. The molecule has 0 amide bonds. The Morgan fingerprint density at radius 2 is 1.94 bits per heavy atom. The minimum atomic E-state index is 0.525. The van der Waals surface area contributed by atoms with Gasteiger partial charge in [0.1, 0.15) is 5.75 Å². The van der Waals surface area contributed by atoms with E-state index in [4.69, 9.17) is 38.4 Å². The molecule has 0 bridgehead atoms. The molecule has 0 atom stereocenters. The van der Waals surface area contributed by atoms with Gasteiger partial charge in [0.2, 0.25) is 0 Å². The zero-order valence-corrected chi connectivity index (χ0v) is 10.6. The summed E-state index contributed by atoms with van der Waals surface area (Å²) in [7, 11) is 1.56. The predicted molar refractivity (Wildman–Crippen MR) is 66.6 cm³/mol. The topological polar surface area (TPSA) is 44.5 Å². The summed E-state index contributed by atoms with van der Waals surface area (Å²) >= 11 is 12.1. The number of nitrogens with two attached hydrogens (primary N) is 1. The Hall–Kier alpha value is -0.480. The highest BCUT2D eigenvalue weighted by Gasteiger charge is 2.07. The lowest BCUT2D eigenvalue weighted by Gasteiger charge is -2.09. The number of benzene rings is 1. The van der Waals surface area contributed by atoms with Gasteiger partial charge in [-0.15, -0.1) is 0 Å². The van der Waals surface area contributed by atoms with Gasteiger partial charge in [-0.25, -0.2) is 0 Å². The maximum absolute atomic E-state index is 6.07. The van der Waals surface area contributed by atoms with Gasteiger partial charge in [0.05, 0.1) is 25.3 Å². The number of rotatable bonds is 6. The van der Waals surface area contributed by atoms with E-state index < -0.39 is 0 Å². The van der Waals surface area contributed by atoms with Gasteiger partial charge in [0, 0.05) is 17.6 Å². The molecule has 2 N–H and O–H groups in total. The first-order valence-electron chi connectivity index (χ1n) is 4.98. The minimum Gasteiger partial charge on any atom is -0.495 e. The van der Waals surface area contributed by atoms with E-state index in [1.165, 1.54) is 0 Å². The van der Waals surface area contributed by atoms with E-state index in [9.17, 15) is 0 Å². The van der Waals surface area contributed by atoms with E-state index >= 15 is 0 Å². The SMILES string of the molecule is COc1cc(Cl)c(CCOCCN)cc1Cl. The molecule has 0 radical (unpaired) electrons. The first-order chi connectivity index (χ1) is 7.69. The van der Waals surface area contributed by atoms with Crippen molar-refractivity contribution < 1.29 is 9.47 Å². The van der Waals surface area contributed by atoms with Gasteiger partial charge in [-0.2, -0.15) is 0 Å². The zero-order chi connectivity index (χ0) is 12.0. The molecular weight excluding hydrogens is 249 g/mol. The van der Waals surface area contributed by atoms with Crippen molar-refractivity contribution in [3.63, 3.8) is 0 Å². The molecule has 0 unspecified atom stereocenters. The third-order valence-electron chi connectivity index (χ3n) is 2.10. The van der Waals surface area contributed by atoms with E-state index in [0.717, 1.165) is 5.56 Å². The van der Waals surface area contributed by atoms with Crippen molar-refractivity contribution >= 4 is 23.2 Å². The number of hydrogen-bond donors (Lipinski definition) is 1. The summed E-state index contributed by atoms with van der Waals surface area (Å²) in [5, 5.41) is 1.19. The molecule has 0 heterocycles. The van der Waals surface area contributed by atoms with Crippen molar-refractivity contribution in [2.24, 2.45) is 5.73 Å². The highest BCUT2D eigenvalue weighted by atomic mass is 35.5. The third kappa shape index (κ3) is 3.83. The Morgan fingerprint density at radius 3 is 2.56 bits per heavy atom. The van der Waals surface area contributed by atoms with Gasteiger partial charge < -0.3 is 15.2 Å². The second-order valence-electron chi connectivity index (χ2n) is 3.23. The molecule has 0 aliphatic carbocycles.